The van der Waals surface area contributed by atoms with Gasteiger partial charge in [0.2, 0.25) is 0 Å². The summed E-state index contributed by atoms with van der Waals surface area (Å²) in [7, 11) is 0. The Kier molecular flexibility index (Phi) is 1.29. The van der Waals surface area contributed by atoms with Gasteiger partial charge in [-0.05, 0) is 43.4 Å². The van der Waals surface area contributed by atoms with Crippen LogP contribution in [-0.4, -0.2) is 10.9 Å². The molecule has 3 rings (SSSR count). The Morgan fingerprint density at radius 1 is 1.25 bits per heavy atom. The average Bonchev–Trinajstić information content (AvgIpc) is 2.75. The molecule has 12 heavy (non-hydrogen) atoms. The maximum atomic E-state index is 8.80. The predicted molar refractivity (Wildman–Crippen MR) is 46.3 cm³/mol. The van der Waals surface area contributed by atoms with Gasteiger partial charge in [0, 0.05) is 5.92 Å². The number of hydrogen-bond donors (Lipinski definition) is 1. The van der Waals surface area contributed by atoms with E-state index in [1.807, 2.05) is 0 Å². The fraction of sp³-hybridized carbons (Fsp3) is 0.900. The minimum absolute atomic E-state index is 0.674. The molecule has 0 spiro atoms. The first kappa shape index (κ1) is 6.93. The standard InChI is InChI=1S/C10H15NO/c12-11-10-5-6-4-9(10)8-3-1-2-7(6)8/h6-9,12H,1-5H2/b11-10+/t6-,7+,8-,9+/m1/s1. The molecule has 0 unspecified atom stereocenters. The second-order valence-electron chi connectivity index (χ2n) is 4.66. The van der Waals surface area contributed by atoms with Crippen LogP contribution in [0.5, 0.6) is 0 Å². The van der Waals surface area contributed by atoms with Gasteiger partial charge in [-0.3, -0.25) is 0 Å². The van der Waals surface area contributed by atoms with Crippen LogP contribution in [0.25, 0.3) is 0 Å². The van der Waals surface area contributed by atoms with E-state index in [0.29, 0.717) is 5.92 Å². The maximum Gasteiger partial charge on any atom is 0.0607 e. The van der Waals surface area contributed by atoms with Gasteiger partial charge in [0.25, 0.3) is 0 Å². The third-order valence-corrected chi connectivity index (χ3v) is 4.33. The van der Waals surface area contributed by atoms with Crippen molar-refractivity contribution in [1.82, 2.24) is 0 Å². The smallest absolute Gasteiger partial charge is 0.0607 e. The van der Waals surface area contributed by atoms with Gasteiger partial charge >= 0.3 is 0 Å². The lowest BCUT2D eigenvalue weighted by Gasteiger charge is -2.24. The first-order valence-corrected chi connectivity index (χ1v) is 5.11. The van der Waals surface area contributed by atoms with E-state index in [1.165, 1.54) is 25.7 Å². The summed E-state index contributed by atoms with van der Waals surface area (Å²) >= 11 is 0. The second kappa shape index (κ2) is 2.24. The highest BCUT2D eigenvalue weighted by Gasteiger charge is 2.52. The minimum atomic E-state index is 0.674. The number of fused-ring (bicyclic) bond motifs is 5. The van der Waals surface area contributed by atoms with E-state index >= 15 is 0 Å². The molecule has 0 aromatic rings. The van der Waals surface area contributed by atoms with E-state index in [9.17, 15) is 0 Å². The molecule has 0 radical (unpaired) electrons. The van der Waals surface area contributed by atoms with Crippen molar-refractivity contribution < 1.29 is 5.21 Å². The summed E-state index contributed by atoms with van der Waals surface area (Å²) in [6, 6.07) is 0. The molecule has 0 aliphatic heterocycles. The highest BCUT2D eigenvalue weighted by atomic mass is 16.4. The fourth-order valence-corrected chi connectivity index (χ4v) is 3.93. The van der Waals surface area contributed by atoms with Crippen molar-refractivity contribution in [3.05, 3.63) is 0 Å². The molecule has 2 nitrogen and oxygen atoms in total. The molecule has 0 heterocycles. The lowest BCUT2D eigenvalue weighted by Crippen LogP contribution is -2.24. The Bertz CT molecular complexity index is 236. The molecular formula is C10H15NO. The van der Waals surface area contributed by atoms with Gasteiger partial charge in [-0.15, -0.1) is 0 Å². The Labute approximate surface area is 72.6 Å². The monoisotopic (exact) mass is 165 g/mol. The van der Waals surface area contributed by atoms with Crippen LogP contribution in [0, 0.1) is 23.7 Å². The van der Waals surface area contributed by atoms with Gasteiger partial charge in [0.15, 0.2) is 0 Å². The minimum Gasteiger partial charge on any atom is -0.411 e. The molecule has 3 fully saturated rings. The zero-order chi connectivity index (χ0) is 8.13. The fourth-order valence-electron chi connectivity index (χ4n) is 3.93. The summed E-state index contributed by atoms with van der Waals surface area (Å²) < 4.78 is 0. The molecule has 0 aromatic carbocycles. The average molecular weight is 165 g/mol. The predicted octanol–water partition coefficient (Wildman–Crippen LogP) is 2.27. The maximum absolute atomic E-state index is 8.80. The van der Waals surface area contributed by atoms with E-state index < -0.39 is 0 Å². The van der Waals surface area contributed by atoms with Crippen LogP contribution in [0.15, 0.2) is 5.16 Å². The molecular weight excluding hydrogens is 150 g/mol. The number of oxime groups is 1. The van der Waals surface area contributed by atoms with Crippen LogP contribution in [0.4, 0.5) is 0 Å². The van der Waals surface area contributed by atoms with Gasteiger partial charge < -0.3 is 5.21 Å². The van der Waals surface area contributed by atoms with Crippen LogP contribution < -0.4 is 0 Å². The molecule has 2 heteroatoms. The molecule has 66 valence electrons. The lowest BCUT2D eigenvalue weighted by molar-refractivity contribution is 0.293. The molecule has 3 saturated carbocycles. The van der Waals surface area contributed by atoms with E-state index in [1.54, 1.807) is 0 Å². The summed E-state index contributed by atoms with van der Waals surface area (Å²) in [5, 5.41) is 12.2. The molecule has 3 aliphatic rings. The summed E-state index contributed by atoms with van der Waals surface area (Å²) in [4.78, 5) is 0. The Morgan fingerprint density at radius 2 is 2.08 bits per heavy atom. The van der Waals surface area contributed by atoms with Crippen molar-refractivity contribution in [2.24, 2.45) is 28.8 Å². The summed E-state index contributed by atoms with van der Waals surface area (Å²) in [6.45, 7) is 0. The highest BCUT2D eigenvalue weighted by Crippen LogP contribution is 2.57. The first-order valence-electron chi connectivity index (χ1n) is 5.11. The van der Waals surface area contributed by atoms with Crippen LogP contribution in [0.3, 0.4) is 0 Å². The molecule has 1 N–H and O–H groups in total. The van der Waals surface area contributed by atoms with Crippen LogP contribution in [0.1, 0.15) is 32.1 Å². The zero-order valence-corrected chi connectivity index (χ0v) is 7.24. The third kappa shape index (κ3) is 0.686. The Morgan fingerprint density at radius 3 is 2.92 bits per heavy atom. The summed E-state index contributed by atoms with van der Waals surface area (Å²) in [6.07, 6.45) is 6.69. The number of rotatable bonds is 0. The van der Waals surface area contributed by atoms with Gasteiger partial charge in [-0.25, -0.2) is 0 Å². The zero-order valence-electron chi connectivity index (χ0n) is 7.24. The topological polar surface area (TPSA) is 32.6 Å². The van der Waals surface area contributed by atoms with Crippen LogP contribution in [0.2, 0.25) is 0 Å². The highest BCUT2D eigenvalue weighted by molar-refractivity contribution is 5.89. The van der Waals surface area contributed by atoms with Crippen LogP contribution in [-0.2, 0) is 0 Å². The van der Waals surface area contributed by atoms with E-state index in [4.69, 9.17) is 5.21 Å². The third-order valence-electron chi connectivity index (χ3n) is 4.33. The van der Waals surface area contributed by atoms with Crippen LogP contribution >= 0.6 is 0 Å². The lowest BCUT2D eigenvalue weighted by atomic mass is 9.81. The second-order valence-corrected chi connectivity index (χ2v) is 4.66. The Balaban J connectivity index is 1.92. The van der Waals surface area contributed by atoms with Gasteiger partial charge in [-0.2, -0.15) is 0 Å². The molecule has 4 atom stereocenters. The Hall–Kier alpha value is -0.530. The quantitative estimate of drug-likeness (QED) is 0.433. The van der Waals surface area contributed by atoms with Crippen molar-refractivity contribution in [2.75, 3.05) is 0 Å². The van der Waals surface area contributed by atoms with Crippen molar-refractivity contribution in [3.8, 4) is 0 Å². The largest absolute Gasteiger partial charge is 0.411 e. The molecule has 0 amide bonds. The normalized spacial score (nSPS) is 53.5. The van der Waals surface area contributed by atoms with Gasteiger partial charge in [0.1, 0.15) is 0 Å². The van der Waals surface area contributed by atoms with Crippen molar-refractivity contribution >= 4 is 5.71 Å². The van der Waals surface area contributed by atoms with Crippen molar-refractivity contribution in [2.45, 2.75) is 32.1 Å². The number of nitrogens with zero attached hydrogens (tertiary/aromatic N) is 1. The molecule has 0 saturated heterocycles. The van der Waals surface area contributed by atoms with Crippen molar-refractivity contribution in [1.29, 1.82) is 0 Å². The first-order chi connectivity index (χ1) is 5.90. The van der Waals surface area contributed by atoms with E-state index in [0.717, 1.165) is 29.9 Å². The van der Waals surface area contributed by atoms with E-state index in [2.05, 4.69) is 5.16 Å². The summed E-state index contributed by atoms with van der Waals surface area (Å²) in [5.74, 6) is 3.45. The summed E-state index contributed by atoms with van der Waals surface area (Å²) in [5.41, 5.74) is 1.11. The molecule has 0 aromatic heterocycles. The molecule has 3 aliphatic carbocycles. The van der Waals surface area contributed by atoms with Gasteiger partial charge in [0.05, 0.1) is 5.71 Å². The SMILES string of the molecule is O/N=C1\C[C@H]2C[C@H]1[C@@H]1CCC[C@@H]21. The van der Waals surface area contributed by atoms with Crippen molar-refractivity contribution in [3.63, 3.8) is 0 Å². The van der Waals surface area contributed by atoms with Gasteiger partial charge in [-0.1, -0.05) is 11.6 Å². The van der Waals surface area contributed by atoms with E-state index in [-0.39, 0.29) is 0 Å². The molecule has 2 bridgehead atoms. The number of hydrogen-bond acceptors (Lipinski definition) is 2.